The molecule has 1 aromatic carbocycles. The molecule has 0 bridgehead atoms. The van der Waals surface area contributed by atoms with E-state index in [0.29, 0.717) is 0 Å². The smallest absolute Gasteiger partial charge is 0.130 e. The highest BCUT2D eigenvalue weighted by Crippen LogP contribution is 2.14. The van der Waals surface area contributed by atoms with Crippen LogP contribution in [0.4, 0.5) is 0 Å². The van der Waals surface area contributed by atoms with E-state index in [9.17, 15) is 0 Å². The molecule has 0 radical (unpaired) electrons. The number of allylic oxidation sites excluding steroid dienone is 1. The summed E-state index contributed by atoms with van der Waals surface area (Å²) in [5.74, 6) is 0. The highest BCUT2D eigenvalue weighted by Gasteiger charge is 1.98. The van der Waals surface area contributed by atoms with Gasteiger partial charge in [-0.15, -0.1) is 0 Å². The molecule has 0 N–H and O–H groups in total. The predicted octanol–water partition coefficient (Wildman–Crippen LogP) is 2.73. The summed E-state index contributed by atoms with van der Waals surface area (Å²) in [6.07, 6.45) is 1.61. The second-order valence-corrected chi connectivity index (χ2v) is 3.14. The maximum atomic E-state index is 8.61. The molecule has 1 rings (SSSR count). The summed E-state index contributed by atoms with van der Waals surface area (Å²) in [6.45, 7) is 3.94. The Bertz CT molecular complexity index is 440. The lowest BCUT2D eigenvalue weighted by molar-refractivity contribution is 1.37. The van der Waals surface area contributed by atoms with Crippen molar-refractivity contribution in [2.24, 2.45) is 0 Å². The number of hydrogen-bond donors (Lipinski definition) is 0. The Labute approximate surface area is 83.7 Å². The largest absolute Gasteiger partial charge is 0.192 e. The highest BCUT2D eigenvalue weighted by atomic mass is 14.3. The van der Waals surface area contributed by atoms with E-state index < -0.39 is 0 Å². The number of nitriles is 2. The van der Waals surface area contributed by atoms with Crippen LogP contribution in [0.15, 0.2) is 23.8 Å². The van der Waals surface area contributed by atoms with Crippen molar-refractivity contribution >= 4 is 6.08 Å². The van der Waals surface area contributed by atoms with Crippen molar-refractivity contribution in [2.75, 3.05) is 0 Å². The molecule has 2 nitrogen and oxygen atoms in total. The number of aryl methyl sites for hydroxylation is 2. The van der Waals surface area contributed by atoms with Gasteiger partial charge >= 0.3 is 0 Å². The molecule has 0 aromatic heterocycles. The minimum atomic E-state index is 0.138. The first-order valence-electron chi connectivity index (χ1n) is 4.26. The Balaban J connectivity index is 3.22. The van der Waals surface area contributed by atoms with Gasteiger partial charge in [-0.05, 0) is 31.1 Å². The van der Waals surface area contributed by atoms with Crippen LogP contribution in [-0.2, 0) is 0 Å². The Kier molecular flexibility index (Phi) is 3.05. The summed E-state index contributed by atoms with van der Waals surface area (Å²) < 4.78 is 0. The van der Waals surface area contributed by atoms with Gasteiger partial charge in [0, 0.05) is 0 Å². The molecule has 0 spiro atoms. The summed E-state index contributed by atoms with van der Waals surface area (Å²) in [5.41, 5.74) is 3.26. The van der Waals surface area contributed by atoms with Gasteiger partial charge in [-0.25, -0.2) is 0 Å². The molecular weight excluding hydrogens is 172 g/mol. The van der Waals surface area contributed by atoms with E-state index in [1.165, 1.54) is 0 Å². The zero-order valence-corrected chi connectivity index (χ0v) is 8.20. The summed E-state index contributed by atoms with van der Waals surface area (Å²) in [7, 11) is 0. The molecule has 2 heteroatoms. The molecule has 68 valence electrons. The van der Waals surface area contributed by atoms with Crippen molar-refractivity contribution in [3.8, 4) is 12.1 Å². The Morgan fingerprint density at radius 3 is 2.43 bits per heavy atom. The topological polar surface area (TPSA) is 47.6 Å². The number of nitrogens with zero attached hydrogens (tertiary/aromatic N) is 2. The van der Waals surface area contributed by atoms with Crippen LogP contribution in [-0.4, -0.2) is 0 Å². The summed E-state index contributed by atoms with van der Waals surface area (Å²) in [4.78, 5) is 0. The molecule has 0 unspecified atom stereocenters. The second kappa shape index (κ2) is 4.25. The van der Waals surface area contributed by atoms with Crippen LogP contribution < -0.4 is 0 Å². The lowest BCUT2D eigenvalue weighted by atomic mass is 10.0. The maximum absolute atomic E-state index is 8.61. The van der Waals surface area contributed by atoms with Crippen LogP contribution in [0.2, 0.25) is 0 Å². The standard InChI is InChI=1S/C12H10N2/c1-9-3-4-10(2)12(5-9)6-11(7-13)8-14/h3-6H,1-2H3. The van der Waals surface area contributed by atoms with E-state index in [2.05, 4.69) is 0 Å². The molecule has 0 aliphatic heterocycles. The molecule has 0 aliphatic rings. The first-order valence-corrected chi connectivity index (χ1v) is 4.26. The van der Waals surface area contributed by atoms with Gasteiger partial charge in [0.1, 0.15) is 17.7 Å². The van der Waals surface area contributed by atoms with Crippen LogP contribution in [0, 0.1) is 36.5 Å². The third-order valence-electron chi connectivity index (χ3n) is 1.98. The van der Waals surface area contributed by atoms with Crippen LogP contribution in [0.3, 0.4) is 0 Å². The number of hydrogen-bond acceptors (Lipinski definition) is 2. The molecule has 1 aromatic rings. The number of benzene rings is 1. The van der Waals surface area contributed by atoms with Gasteiger partial charge in [-0.1, -0.05) is 23.8 Å². The van der Waals surface area contributed by atoms with E-state index >= 15 is 0 Å². The monoisotopic (exact) mass is 182 g/mol. The molecule has 0 saturated heterocycles. The Morgan fingerprint density at radius 2 is 1.86 bits per heavy atom. The lowest BCUT2D eigenvalue weighted by Crippen LogP contribution is -1.83. The molecule has 0 aliphatic carbocycles. The zero-order valence-electron chi connectivity index (χ0n) is 8.20. The Hall–Kier alpha value is -2.06. The minimum Gasteiger partial charge on any atom is -0.192 e. The van der Waals surface area contributed by atoms with E-state index in [0.717, 1.165) is 16.7 Å². The number of rotatable bonds is 1. The fourth-order valence-electron chi connectivity index (χ4n) is 1.16. The molecule has 14 heavy (non-hydrogen) atoms. The SMILES string of the molecule is Cc1ccc(C)c(C=C(C#N)C#N)c1. The normalized spacial score (nSPS) is 8.57. The van der Waals surface area contributed by atoms with Gasteiger partial charge in [0.25, 0.3) is 0 Å². The lowest BCUT2D eigenvalue weighted by Gasteiger charge is -2.00. The van der Waals surface area contributed by atoms with Gasteiger partial charge in [0.2, 0.25) is 0 Å². The van der Waals surface area contributed by atoms with Crippen LogP contribution in [0.25, 0.3) is 6.08 Å². The van der Waals surface area contributed by atoms with E-state index in [-0.39, 0.29) is 5.57 Å². The molecule has 0 fully saturated rings. The summed E-state index contributed by atoms with van der Waals surface area (Å²) in [5, 5.41) is 17.2. The van der Waals surface area contributed by atoms with Crippen LogP contribution in [0.1, 0.15) is 16.7 Å². The average Bonchev–Trinajstić information content (AvgIpc) is 2.19. The van der Waals surface area contributed by atoms with Crippen molar-refractivity contribution in [2.45, 2.75) is 13.8 Å². The van der Waals surface area contributed by atoms with Gasteiger partial charge in [0.05, 0.1) is 0 Å². The van der Waals surface area contributed by atoms with Crippen LogP contribution >= 0.6 is 0 Å². The third-order valence-corrected chi connectivity index (χ3v) is 1.98. The van der Waals surface area contributed by atoms with Crippen molar-refractivity contribution in [1.82, 2.24) is 0 Å². The maximum Gasteiger partial charge on any atom is 0.130 e. The molecule has 0 saturated carbocycles. The van der Waals surface area contributed by atoms with Gasteiger partial charge in [-0.2, -0.15) is 10.5 Å². The van der Waals surface area contributed by atoms with E-state index in [1.807, 2.05) is 44.2 Å². The van der Waals surface area contributed by atoms with Crippen molar-refractivity contribution in [1.29, 1.82) is 10.5 Å². The molecular formula is C12H10N2. The third kappa shape index (κ3) is 2.21. The molecule has 0 amide bonds. The minimum absolute atomic E-state index is 0.138. The predicted molar refractivity (Wildman–Crippen MR) is 55.1 cm³/mol. The first-order chi connectivity index (χ1) is 6.67. The van der Waals surface area contributed by atoms with Gasteiger partial charge in [-0.3, -0.25) is 0 Å². The molecule has 0 heterocycles. The Morgan fingerprint density at radius 1 is 1.21 bits per heavy atom. The van der Waals surface area contributed by atoms with Gasteiger partial charge in [0.15, 0.2) is 0 Å². The van der Waals surface area contributed by atoms with Crippen molar-refractivity contribution < 1.29 is 0 Å². The average molecular weight is 182 g/mol. The first kappa shape index (κ1) is 10.0. The fraction of sp³-hybridized carbons (Fsp3) is 0.167. The quantitative estimate of drug-likeness (QED) is 0.627. The fourth-order valence-corrected chi connectivity index (χ4v) is 1.16. The summed E-state index contributed by atoms with van der Waals surface area (Å²) in [6, 6.07) is 9.64. The van der Waals surface area contributed by atoms with E-state index in [1.54, 1.807) is 6.08 Å². The van der Waals surface area contributed by atoms with Gasteiger partial charge < -0.3 is 0 Å². The zero-order chi connectivity index (χ0) is 10.6. The molecule has 0 atom stereocenters. The van der Waals surface area contributed by atoms with Crippen molar-refractivity contribution in [3.63, 3.8) is 0 Å². The summed E-state index contributed by atoms with van der Waals surface area (Å²) >= 11 is 0. The highest BCUT2D eigenvalue weighted by molar-refractivity contribution is 5.64. The van der Waals surface area contributed by atoms with Crippen molar-refractivity contribution in [3.05, 3.63) is 40.5 Å². The van der Waals surface area contributed by atoms with Crippen LogP contribution in [0.5, 0.6) is 0 Å². The van der Waals surface area contributed by atoms with E-state index in [4.69, 9.17) is 10.5 Å². The second-order valence-electron chi connectivity index (χ2n) is 3.14.